The highest BCUT2D eigenvalue weighted by Gasteiger charge is 2.32. The van der Waals surface area contributed by atoms with E-state index in [9.17, 15) is 9.59 Å². The van der Waals surface area contributed by atoms with Gasteiger partial charge in [-0.1, -0.05) is 6.07 Å². The van der Waals surface area contributed by atoms with Crippen LogP contribution in [0.1, 0.15) is 40.6 Å². The molecule has 1 aliphatic rings. The number of carbonyl (C=O) groups excluding carboxylic acids is 1. The molecule has 0 radical (unpaired) electrons. The van der Waals surface area contributed by atoms with Crippen molar-refractivity contribution in [1.29, 1.82) is 0 Å². The van der Waals surface area contributed by atoms with Crippen LogP contribution in [0.15, 0.2) is 41.3 Å². The van der Waals surface area contributed by atoms with Crippen molar-refractivity contribution in [1.82, 2.24) is 19.4 Å². The minimum absolute atomic E-state index is 0.0579. The van der Waals surface area contributed by atoms with Gasteiger partial charge < -0.3 is 14.5 Å². The van der Waals surface area contributed by atoms with Crippen LogP contribution in [0.2, 0.25) is 0 Å². The molecule has 2 aromatic heterocycles. The van der Waals surface area contributed by atoms with Gasteiger partial charge >= 0.3 is 0 Å². The van der Waals surface area contributed by atoms with E-state index in [-0.39, 0.29) is 17.5 Å². The molecule has 1 fully saturated rings. The fraction of sp³-hybridized carbons (Fsp3) is 0.316. The quantitative estimate of drug-likeness (QED) is 0.782. The van der Waals surface area contributed by atoms with Gasteiger partial charge in [0.1, 0.15) is 5.82 Å². The van der Waals surface area contributed by atoms with Gasteiger partial charge in [0.25, 0.3) is 5.91 Å². The van der Waals surface area contributed by atoms with Crippen LogP contribution < -0.4 is 5.56 Å². The minimum Gasteiger partial charge on any atom is -0.340 e. The number of pyridine rings is 1. The molecule has 0 bridgehead atoms. The van der Waals surface area contributed by atoms with E-state index in [1.54, 1.807) is 19.3 Å². The van der Waals surface area contributed by atoms with Crippen molar-refractivity contribution >= 4 is 16.9 Å². The maximum atomic E-state index is 12.9. The summed E-state index contributed by atoms with van der Waals surface area (Å²) in [5.41, 5.74) is 3.49. The summed E-state index contributed by atoms with van der Waals surface area (Å²) in [5, 5.41) is 0. The molecule has 128 valence electrons. The highest BCUT2D eigenvalue weighted by molar-refractivity contribution is 5.94. The van der Waals surface area contributed by atoms with Crippen LogP contribution in [0.5, 0.6) is 0 Å². The Morgan fingerprint density at radius 1 is 1.28 bits per heavy atom. The summed E-state index contributed by atoms with van der Waals surface area (Å²) in [7, 11) is 1.65. The van der Waals surface area contributed by atoms with Crippen molar-refractivity contribution in [2.24, 2.45) is 7.05 Å². The van der Waals surface area contributed by atoms with Gasteiger partial charge in [-0.15, -0.1) is 0 Å². The van der Waals surface area contributed by atoms with E-state index in [1.165, 1.54) is 16.2 Å². The third kappa shape index (κ3) is 2.73. The molecular formula is C19H20N4O2. The number of aryl methyl sites for hydroxylation is 2. The Kier molecular flexibility index (Phi) is 3.67. The number of hydrogen-bond acceptors (Lipinski definition) is 3. The molecule has 1 unspecified atom stereocenters. The van der Waals surface area contributed by atoms with Gasteiger partial charge in [-0.3, -0.25) is 9.59 Å². The van der Waals surface area contributed by atoms with E-state index in [4.69, 9.17) is 0 Å². The molecule has 1 amide bonds. The van der Waals surface area contributed by atoms with Crippen molar-refractivity contribution in [3.63, 3.8) is 0 Å². The SMILES string of the molecule is Cc1ccc2nc(C3CCCN3C(=O)c3ccc(=O)n(C)c3)[nH]c2c1. The summed E-state index contributed by atoms with van der Waals surface area (Å²) in [6.07, 6.45) is 3.43. The second-order valence-electron chi connectivity index (χ2n) is 6.67. The van der Waals surface area contributed by atoms with Crippen LogP contribution >= 0.6 is 0 Å². The Bertz CT molecular complexity index is 1020. The number of fused-ring (bicyclic) bond motifs is 1. The molecule has 1 N–H and O–H groups in total. The smallest absolute Gasteiger partial charge is 0.255 e. The molecule has 6 nitrogen and oxygen atoms in total. The van der Waals surface area contributed by atoms with Gasteiger partial charge in [0.05, 0.1) is 22.6 Å². The number of benzene rings is 1. The molecule has 25 heavy (non-hydrogen) atoms. The number of aromatic amines is 1. The maximum Gasteiger partial charge on any atom is 0.255 e. The third-order valence-corrected chi connectivity index (χ3v) is 4.82. The van der Waals surface area contributed by atoms with Crippen LogP contribution in [0.3, 0.4) is 0 Å². The Morgan fingerprint density at radius 3 is 2.92 bits per heavy atom. The molecule has 1 atom stereocenters. The first-order chi connectivity index (χ1) is 12.0. The zero-order chi connectivity index (χ0) is 17.6. The van der Waals surface area contributed by atoms with Crippen LogP contribution in [0, 0.1) is 6.92 Å². The number of aromatic nitrogens is 3. The van der Waals surface area contributed by atoms with E-state index < -0.39 is 0 Å². The summed E-state index contributed by atoms with van der Waals surface area (Å²) in [6.45, 7) is 2.74. The Balaban J connectivity index is 1.68. The lowest BCUT2D eigenvalue weighted by molar-refractivity contribution is 0.0729. The molecule has 3 aromatic rings. The van der Waals surface area contributed by atoms with Gasteiger partial charge in [0.2, 0.25) is 5.56 Å². The topological polar surface area (TPSA) is 71.0 Å². The van der Waals surface area contributed by atoms with Gasteiger partial charge in [0, 0.05) is 25.9 Å². The normalized spacial score (nSPS) is 17.4. The molecule has 3 heterocycles. The maximum absolute atomic E-state index is 12.9. The van der Waals surface area contributed by atoms with Crippen molar-refractivity contribution in [3.8, 4) is 0 Å². The van der Waals surface area contributed by atoms with E-state index >= 15 is 0 Å². The summed E-state index contributed by atoms with van der Waals surface area (Å²) >= 11 is 0. The number of hydrogen-bond donors (Lipinski definition) is 1. The van der Waals surface area contributed by atoms with Crippen LogP contribution in [0.4, 0.5) is 0 Å². The van der Waals surface area contributed by atoms with E-state index in [0.29, 0.717) is 12.1 Å². The Hall–Kier alpha value is -2.89. The lowest BCUT2D eigenvalue weighted by Gasteiger charge is -2.23. The largest absolute Gasteiger partial charge is 0.340 e. The monoisotopic (exact) mass is 336 g/mol. The highest BCUT2D eigenvalue weighted by atomic mass is 16.2. The third-order valence-electron chi connectivity index (χ3n) is 4.82. The molecule has 6 heteroatoms. The number of imidazole rings is 1. The molecule has 0 saturated carbocycles. The molecule has 0 aliphatic carbocycles. The van der Waals surface area contributed by atoms with Gasteiger partial charge in [-0.25, -0.2) is 4.98 Å². The first kappa shape index (κ1) is 15.6. The fourth-order valence-electron chi connectivity index (χ4n) is 3.48. The number of nitrogens with one attached hydrogen (secondary N) is 1. The number of likely N-dealkylation sites (tertiary alicyclic amines) is 1. The number of nitrogens with zero attached hydrogens (tertiary/aromatic N) is 3. The summed E-state index contributed by atoms with van der Waals surface area (Å²) < 4.78 is 1.43. The van der Waals surface area contributed by atoms with Crippen molar-refractivity contribution < 1.29 is 4.79 Å². The zero-order valence-corrected chi connectivity index (χ0v) is 14.3. The lowest BCUT2D eigenvalue weighted by Crippen LogP contribution is -2.32. The first-order valence-electron chi connectivity index (χ1n) is 8.47. The molecule has 1 saturated heterocycles. The Labute approximate surface area is 145 Å². The average Bonchev–Trinajstić information content (AvgIpc) is 3.22. The standard InChI is InChI=1S/C19H20N4O2/c1-12-5-7-14-15(10-12)21-18(20-14)16-4-3-9-23(16)19(25)13-6-8-17(24)22(2)11-13/h5-8,10-11,16H,3-4,9H2,1-2H3,(H,20,21). The predicted molar refractivity (Wildman–Crippen MR) is 95.5 cm³/mol. The van der Waals surface area contributed by atoms with Crippen molar-refractivity contribution in [2.75, 3.05) is 6.54 Å². The van der Waals surface area contributed by atoms with Crippen LogP contribution in [0.25, 0.3) is 11.0 Å². The van der Waals surface area contributed by atoms with Crippen LogP contribution in [-0.2, 0) is 7.05 Å². The van der Waals surface area contributed by atoms with Crippen molar-refractivity contribution in [2.45, 2.75) is 25.8 Å². The minimum atomic E-state index is -0.123. The predicted octanol–water partition coefficient (Wildman–Crippen LogP) is 2.55. The number of carbonyl (C=O) groups is 1. The van der Waals surface area contributed by atoms with E-state index in [1.807, 2.05) is 24.0 Å². The number of rotatable bonds is 2. The Morgan fingerprint density at radius 2 is 2.12 bits per heavy atom. The second-order valence-corrected chi connectivity index (χ2v) is 6.67. The van der Waals surface area contributed by atoms with Gasteiger partial charge in [-0.2, -0.15) is 0 Å². The summed E-state index contributed by atoms with van der Waals surface area (Å²) in [6, 6.07) is 9.08. The molecule has 0 spiro atoms. The lowest BCUT2D eigenvalue weighted by atomic mass is 10.2. The molecule has 1 aromatic carbocycles. The van der Waals surface area contributed by atoms with Crippen molar-refractivity contribution in [3.05, 3.63) is 63.8 Å². The second kappa shape index (κ2) is 5.88. The summed E-state index contributed by atoms with van der Waals surface area (Å²) in [4.78, 5) is 34.4. The first-order valence-corrected chi connectivity index (χ1v) is 8.47. The average molecular weight is 336 g/mol. The van der Waals surface area contributed by atoms with E-state index in [2.05, 4.69) is 16.0 Å². The number of amides is 1. The molecule has 4 rings (SSSR count). The highest BCUT2D eigenvalue weighted by Crippen LogP contribution is 2.32. The molecular weight excluding hydrogens is 316 g/mol. The number of H-pyrrole nitrogens is 1. The van der Waals surface area contributed by atoms with E-state index in [0.717, 1.165) is 29.7 Å². The molecule has 1 aliphatic heterocycles. The van der Waals surface area contributed by atoms with Gasteiger partial charge in [0.15, 0.2) is 0 Å². The zero-order valence-electron chi connectivity index (χ0n) is 14.3. The summed E-state index contributed by atoms with van der Waals surface area (Å²) in [5.74, 6) is 0.769. The fourth-order valence-corrected chi connectivity index (χ4v) is 3.48. The van der Waals surface area contributed by atoms with Gasteiger partial charge in [-0.05, 0) is 43.5 Å². The van der Waals surface area contributed by atoms with Crippen LogP contribution in [-0.4, -0.2) is 31.9 Å².